The van der Waals surface area contributed by atoms with Crippen LogP contribution < -0.4 is 15.0 Å². The minimum absolute atomic E-state index is 0.0728. The molecule has 2 aromatic carbocycles. The summed E-state index contributed by atoms with van der Waals surface area (Å²) in [7, 11) is 1.32. The Balaban J connectivity index is 1.66. The van der Waals surface area contributed by atoms with Gasteiger partial charge in [0.05, 0.1) is 29.8 Å². The average molecular weight is 441 g/mol. The number of carbonyl (C=O) groups excluding carboxylic acids is 3. The number of fused-ring (bicyclic) bond motifs is 1. The SMILES string of the molecule is COC(=O)c1cccc(CN2C(=O)COc3ccc(/C=C4/SC(=S)NC4=O)cc32)c1. The molecule has 1 saturated heterocycles. The summed E-state index contributed by atoms with van der Waals surface area (Å²) in [4.78, 5) is 38.4. The fourth-order valence-corrected chi connectivity index (χ4v) is 4.20. The van der Waals surface area contributed by atoms with Crippen LogP contribution in [0.15, 0.2) is 47.4 Å². The van der Waals surface area contributed by atoms with Crippen LogP contribution in [0.1, 0.15) is 21.5 Å². The molecule has 9 heteroatoms. The van der Waals surface area contributed by atoms with Crippen LogP contribution in [0.5, 0.6) is 5.75 Å². The predicted octanol–water partition coefficient (Wildman–Crippen LogP) is 2.89. The van der Waals surface area contributed by atoms with Crippen molar-refractivity contribution in [3.8, 4) is 5.75 Å². The van der Waals surface area contributed by atoms with Crippen LogP contribution in [-0.2, 0) is 20.9 Å². The largest absolute Gasteiger partial charge is 0.482 e. The van der Waals surface area contributed by atoms with Crippen LogP contribution in [0.2, 0.25) is 0 Å². The third kappa shape index (κ3) is 4.07. The number of nitrogens with one attached hydrogen (secondary N) is 1. The van der Waals surface area contributed by atoms with Gasteiger partial charge in [-0.25, -0.2) is 4.79 Å². The normalized spacial score (nSPS) is 16.9. The van der Waals surface area contributed by atoms with Gasteiger partial charge in [0.15, 0.2) is 6.61 Å². The summed E-state index contributed by atoms with van der Waals surface area (Å²) in [5.41, 5.74) is 2.52. The molecule has 0 bridgehead atoms. The minimum atomic E-state index is -0.440. The van der Waals surface area contributed by atoms with Gasteiger partial charge in [0.1, 0.15) is 10.1 Å². The first kappa shape index (κ1) is 20.1. The molecule has 30 heavy (non-hydrogen) atoms. The Kier molecular flexibility index (Phi) is 5.56. The molecule has 0 radical (unpaired) electrons. The first-order valence-electron chi connectivity index (χ1n) is 8.94. The van der Waals surface area contributed by atoms with Crippen molar-refractivity contribution in [2.75, 3.05) is 18.6 Å². The van der Waals surface area contributed by atoms with E-state index in [0.717, 1.165) is 11.1 Å². The number of hydrogen-bond acceptors (Lipinski definition) is 7. The number of amides is 2. The third-order valence-corrected chi connectivity index (χ3v) is 5.72. The average Bonchev–Trinajstić information content (AvgIpc) is 3.06. The number of methoxy groups -OCH3 is 1. The van der Waals surface area contributed by atoms with E-state index < -0.39 is 5.97 Å². The first-order chi connectivity index (χ1) is 14.4. The maximum atomic E-state index is 12.6. The number of benzene rings is 2. The quantitative estimate of drug-likeness (QED) is 0.445. The smallest absolute Gasteiger partial charge is 0.337 e. The molecule has 1 fully saturated rings. The molecule has 152 valence electrons. The van der Waals surface area contributed by atoms with Gasteiger partial charge in [0.2, 0.25) is 0 Å². The van der Waals surface area contributed by atoms with Crippen molar-refractivity contribution in [2.45, 2.75) is 6.54 Å². The van der Waals surface area contributed by atoms with Gasteiger partial charge < -0.3 is 19.7 Å². The molecule has 1 N–H and O–H groups in total. The van der Waals surface area contributed by atoms with E-state index in [1.54, 1.807) is 41.3 Å². The number of hydrogen-bond donors (Lipinski definition) is 1. The summed E-state index contributed by atoms with van der Waals surface area (Å²) in [6.45, 7) is 0.191. The Morgan fingerprint density at radius 3 is 2.87 bits per heavy atom. The molecule has 2 aliphatic rings. The second-order valence-corrected chi connectivity index (χ2v) is 8.26. The van der Waals surface area contributed by atoms with Crippen LogP contribution in [0.4, 0.5) is 5.69 Å². The highest BCUT2D eigenvalue weighted by Gasteiger charge is 2.27. The molecule has 0 atom stereocenters. The molecular formula is C21H16N2O5S2. The number of thioether (sulfide) groups is 1. The predicted molar refractivity (Wildman–Crippen MR) is 117 cm³/mol. The maximum absolute atomic E-state index is 12.6. The highest BCUT2D eigenvalue weighted by molar-refractivity contribution is 8.26. The molecule has 0 unspecified atom stereocenters. The number of nitrogens with zero attached hydrogens (tertiary/aromatic N) is 1. The van der Waals surface area contributed by atoms with E-state index in [9.17, 15) is 14.4 Å². The lowest BCUT2D eigenvalue weighted by Crippen LogP contribution is -2.38. The van der Waals surface area contributed by atoms with Crippen LogP contribution in [0.3, 0.4) is 0 Å². The van der Waals surface area contributed by atoms with E-state index in [2.05, 4.69) is 5.32 Å². The van der Waals surface area contributed by atoms with E-state index in [1.807, 2.05) is 12.1 Å². The number of esters is 1. The molecule has 2 amide bonds. The maximum Gasteiger partial charge on any atom is 0.337 e. The van der Waals surface area contributed by atoms with Crippen LogP contribution in [0, 0.1) is 0 Å². The fourth-order valence-electron chi connectivity index (χ4n) is 3.15. The van der Waals surface area contributed by atoms with Gasteiger partial charge in [-0.1, -0.05) is 42.2 Å². The lowest BCUT2D eigenvalue weighted by molar-refractivity contribution is -0.121. The topological polar surface area (TPSA) is 84.9 Å². The van der Waals surface area contributed by atoms with Crippen molar-refractivity contribution in [1.29, 1.82) is 0 Å². The van der Waals surface area contributed by atoms with Crippen molar-refractivity contribution in [1.82, 2.24) is 5.32 Å². The van der Waals surface area contributed by atoms with E-state index in [0.29, 0.717) is 26.2 Å². The number of anilines is 1. The van der Waals surface area contributed by atoms with Gasteiger partial charge in [0, 0.05) is 0 Å². The van der Waals surface area contributed by atoms with Crippen molar-refractivity contribution < 1.29 is 23.9 Å². The summed E-state index contributed by atoms with van der Waals surface area (Å²) < 4.78 is 10.7. The number of carbonyl (C=O) groups is 3. The minimum Gasteiger partial charge on any atom is -0.482 e. The van der Waals surface area contributed by atoms with E-state index in [4.69, 9.17) is 21.7 Å². The zero-order valence-electron chi connectivity index (χ0n) is 15.8. The molecule has 0 aromatic heterocycles. The van der Waals surface area contributed by atoms with Crippen molar-refractivity contribution in [3.05, 3.63) is 64.1 Å². The molecule has 2 heterocycles. The molecule has 7 nitrogen and oxygen atoms in total. The second kappa shape index (κ2) is 8.29. The highest BCUT2D eigenvalue weighted by Crippen LogP contribution is 2.35. The zero-order valence-corrected chi connectivity index (χ0v) is 17.5. The van der Waals surface area contributed by atoms with Crippen molar-refractivity contribution in [3.63, 3.8) is 0 Å². The Morgan fingerprint density at radius 1 is 1.30 bits per heavy atom. The van der Waals surface area contributed by atoms with Gasteiger partial charge in [-0.05, 0) is 41.5 Å². The summed E-state index contributed by atoms with van der Waals surface area (Å²) in [6, 6.07) is 12.3. The summed E-state index contributed by atoms with van der Waals surface area (Å²) >= 11 is 6.21. The van der Waals surface area contributed by atoms with Gasteiger partial charge in [-0.15, -0.1) is 0 Å². The monoisotopic (exact) mass is 440 g/mol. The zero-order chi connectivity index (χ0) is 21.3. The van der Waals surface area contributed by atoms with Gasteiger partial charge in [-0.3, -0.25) is 9.59 Å². The molecule has 0 saturated carbocycles. The molecule has 2 aromatic rings. The molecule has 4 rings (SSSR count). The lowest BCUT2D eigenvalue weighted by atomic mass is 10.1. The number of thiocarbonyl (C=S) groups is 1. The standard InChI is InChI=1S/C21H16N2O5S2/c1-27-20(26)14-4-2-3-13(7-14)10-23-15-8-12(5-6-16(15)28-11-18(23)24)9-17-19(25)22-21(29)30-17/h2-9H,10-11H2,1H3,(H,22,25,29)/b17-9+. The molecule has 0 aliphatic carbocycles. The third-order valence-electron chi connectivity index (χ3n) is 4.55. The second-order valence-electron chi connectivity index (χ2n) is 6.54. The summed E-state index contributed by atoms with van der Waals surface area (Å²) in [5.74, 6) is -0.318. The highest BCUT2D eigenvalue weighted by atomic mass is 32.2. The van der Waals surface area contributed by atoms with E-state index in [-0.39, 0.29) is 25.0 Å². The van der Waals surface area contributed by atoms with Gasteiger partial charge in [-0.2, -0.15) is 0 Å². The van der Waals surface area contributed by atoms with Crippen LogP contribution in [0.25, 0.3) is 6.08 Å². The Labute approximate surface area is 182 Å². The van der Waals surface area contributed by atoms with Crippen LogP contribution in [-0.4, -0.2) is 35.8 Å². The lowest BCUT2D eigenvalue weighted by Gasteiger charge is -2.30. The van der Waals surface area contributed by atoms with Gasteiger partial charge in [0.25, 0.3) is 11.8 Å². The van der Waals surface area contributed by atoms with Crippen molar-refractivity contribution >= 4 is 57.8 Å². The van der Waals surface area contributed by atoms with Crippen molar-refractivity contribution in [2.24, 2.45) is 0 Å². The van der Waals surface area contributed by atoms with Crippen LogP contribution >= 0.6 is 24.0 Å². The molecular weight excluding hydrogens is 424 g/mol. The Bertz CT molecular complexity index is 1110. The number of ether oxygens (including phenoxy) is 2. The Hall–Kier alpha value is -3.17. The van der Waals surface area contributed by atoms with Gasteiger partial charge >= 0.3 is 5.97 Å². The van der Waals surface area contributed by atoms with E-state index in [1.165, 1.54) is 18.9 Å². The fraction of sp³-hybridized carbons (Fsp3) is 0.143. The first-order valence-corrected chi connectivity index (χ1v) is 10.2. The Morgan fingerprint density at radius 2 is 2.13 bits per heavy atom. The molecule has 2 aliphatic heterocycles. The molecule has 0 spiro atoms. The summed E-state index contributed by atoms with van der Waals surface area (Å²) in [6.07, 6.45) is 1.72. The van der Waals surface area contributed by atoms with E-state index >= 15 is 0 Å². The summed E-state index contributed by atoms with van der Waals surface area (Å²) in [5, 5.41) is 2.58. The number of rotatable bonds is 4.